The van der Waals surface area contributed by atoms with E-state index >= 15 is 0 Å². The third-order valence-corrected chi connectivity index (χ3v) is 1.58. The van der Waals surface area contributed by atoms with Crippen LogP contribution in [0.1, 0.15) is 0 Å². The molecule has 14 heavy (non-hydrogen) atoms. The topological polar surface area (TPSA) is 38.3 Å². The van der Waals surface area contributed by atoms with Gasteiger partial charge >= 0.3 is 0 Å². The molecular weight excluding hydrogens is 178 g/mol. The maximum Gasteiger partial charge on any atom is 0.207 e. The highest BCUT2D eigenvalue weighted by Crippen LogP contribution is 2.07. The third kappa shape index (κ3) is 4.30. The fraction of sp³-hybridized carbons (Fsp3) is 0.182. The number of hydrogen-bond acceptors (Lipinski definition) is 2. The normalized spacial score (nSPS) is 10.0. The summed E-state index contributed by atoms with van der Waals surface area (Å²) in [4.78, 5) is 9.88. The lowest BCUT2D eigenvalue weighted by Crippen LogP contribution is -2.09. The van der Waals surface area contributed by atoms with Crippen molar-refractivity contribution in [3.8, 4) is 5.75 Å². The zero-order valence-electron chi connectivity index (χ0n) is 7.85. The van der Waals surface area contributed by atoms with Gasteiger partial charge < -0.3 is 10.1 Å². The minimum Gasteiger partial charge on any atom is -0.490 e. The molecule has 0 atom stereocenters. The molecule has 0 bridgehead atoms. The Morgan fingerprint density at radius 3 is 2.71 bits per heavy atom. The minimum atomic E-state index is 0.518. The van der Waals surface area contributed by atoms with Crippen LogP contribution in [0.3, 0.4) is 0 Å². The van der Waals surface area contributed by atoms with E-state index in [0.717, 1.165) is 5.75 Å². The molecule has 0 aromatic heterocycles. The fourth-order valence-corrected chi connectivity index (χ4v) is 0.929. The first-order chi connectivity index (χ1) is 6.93. The number of para-hydroxylation sites is 1. The Balaban J connectivity index is 2.15. The van der Waals surface area contributed by atoms with Gasteiger partial charge in [0.25, 0.3) is 0 Å². The van der Waals surface area contributed by atoms with Gasteiger partial charge in [-0.05, 0) is 18.2 Å². The molecule has 0 unspecified atom stereocenters. The summed E-state index contributed by atoms with van der Waals surface area (Å²) in [5.74, 6) is 0.848. The van der Waals surface area contributed by atoms with Crippen molar-refractivity contribution in [2.75, 3.05) is 13.2 Å². The van der Waals surface area contributed by atoms with Crippen LogP contribution in [0.5, 0.6) is 5.75 Å². The zero-order chi connectivity index (χ0) is 10.1. The largest absolute Gasteiger partial charge is 0.490 e. The van der Waals surface area contributed by atoms with Gasteiger partial charge in [-0.2, -0.15) is 0 Å². The van der Waals surface area contributed by atoms with Crippen LogP contribution in [0.4, 0.5) is 0 Å². The number of ether oxygens (including phenoxy) is 1. The lowest BCUT2D eigenvalue weighted by Gasteiger charge is -2.01. The van der Waals surface area contributed by atoms with Crippen molar-refractivity contribution in [1.82, 2.24) is 5.32 Å². The van der Waals surface area contributed by atoms with Crippen LogP contribution >= 0.6 is 0 Å². The summed E-state index contributed by atoms with van der Waals surface area (Å²) in [5, 5.41) is 2.52. The molecule has 3 nitrogen and oxygen atoms in total. The second-order valence-electron chi connectivity index (χ2n) is 2.62. The molecule has 0 aliphatic heterocycles. The van der Waals surface area contributed by atoms with E-state index in [1.165, 1.54) is 0 Å². The Morgan fingerprint density at radius 2 is 2.00 bits per heavy atom. The van der Waals surface area contributed by atoms with E-state index in [4.69, 9.17) is 4.74 Å². The predicted octanol–water partition coefficient (Wildman–Crippen LogP) is 1.37. The highest BCUT2D eigenvalue weighted by atomic mass is 16.5. The average Bonchev–Trinajstić information content (AvgIpc) is 2.25. The monoisotopic (exact) mass is 191 g/mol. The van der Waals surface area contributed by atoms with E-state index in [9.17, 15) is 4.79 Å². The van der Waals surface area contributed by atoms with E-state index in [1.54, 1.807) is 0 Å². The van der Waals surface area contributed by atoms with Crippen molar-refractivity contribution in [3.63, 3.8) is 0 Å². The average molecular weight is 191 g/mol. The van der Waals surface area contributed by atoms with Crippen LogP contribution in [-0.4, -0.2) is 19.6 Å². The summed E-state index contributed by atoms with van der Waals surface area (Å²) in [6.45, 7) is 1.06. The summed E-state index contributed by atoms with van der Waals surface area (Å²) in [5.41, 5.74) is 0. The Hall–Kier alpha value is -1.77. The maximum absolute atomic E-state index is 9.88. The molecule has 74 valence electrons. The summed E-state index contributed by atoms with van der Waals surface area (Å²) < 4.78 is 5.38. The minimum absolute atomic E-state index is 0.518. The smallest absolute Gasteiger partial charge is 0.207 e. The number of benzene rings is 1. The first-order valence-corrected chi connectivity index (χ1v) is 4.43. The first kappa shape index (κ1) is 10.3. The number of hydrogen-bond donors (Lipinski definition) is 1. The summed E-state index contributed by atoms with van der Waals surface area (Å²) in [6.07, 6.45) is 4.38. The number of amides is 1. The maximum atomic E-state index is 9.88. The Kier molecular flexibility index (Phi) is 4.95. The quantitative estimate of drug-likeness (QED) is 0.419. The van der Waals surface area contributed by atoms with Crippen molar-refractivity contribution >= 4 is 6.41 Å². The van der Waals surface area contributed by atoms with E-state index in [1.807, 2.05) is 42.5 Å². The molecule has 0 aliphatic rings. The van der Waals surface area contributed by atoms with Crippen LogP contribution in [0, 0.1) is 0 Å². The second kappa shape index (κ2) is 6.71. The molecule has 0 heterocycles. The van der Waals surface area contributed by atoms with Crippen LogP contribution in [-0.2, 0) is 4.79 Å². The van der Waals surface area contributed by atoms with E-state index in [-0.39, 0.29) is 0 Å². The standard InChI is InChI=1S/C11H13NO2/c13-10-12-8-4-5-9-14-11-6-2-1-3-7-11/h1-7,10H,8-9H2,(H,12,13)/b5-4+. The molecule has 0 saturated heterocycles. The second-order valence-corrected chi connectivity index (χ2v) is 2.62. The van der Waals surface area contributed by atoms with Gasteiger partial charge in [0, 0.05) is 6.54 Å². The molecule has 1 N–H and O–H groups in total. The number of carbonyl (C=O) groups is 1. The lowest BCUT2D eigenvalue weighted by molar-refractivity contribution is -0.109. The van der Waals surface area contributed by atoms with E-state index in [0.29, 0.717) is 19.6 Å². The number of nitrogens with one attached hydrogen (secondary N) is 1. The van der Waals surface area contributed by atoms with Gasteiger partial charge in [0.1, 0.15) is 12.4 Å². The van der Waals surface area contributed by atoms with Crippen LogP contribution < -0.4 is 10.1 Å². The van der Waals surface area contributed by atoms with E-state index in [2.05, 4.69) is 5.32 Å². The molecule has 0 aliphatic carbocycles. The van der Waals surface area contributed by atoms with Crippen LogP contribution in [0.15, 0.2) is 42.5 Å². The molecule has 1 rings (SSSR count). The molecule has 3 heteroatoms. The van der Waals surface area contributed by atoms with Gasteiger partial charge in [-0.25, -0.2) is 0 Å². The summed E-state index contributed by atoms with van der Waals surface area (Å²) in [7, 11) is 0. The molecule has 0 radical (unpaired) electrons. The first-order valence-electron chi connectivity index (χ1n) is 4.43. The molecule has 0 fully saturated rings. The summed E-state index contributed by atoms with van der Waals surface area (Å²) in [6, 6.07) is 9.59. The van der Waals surface area contributed by atoms with E-state index < -0.39 is 0 Å². The molecular formula is C11H13NO2. The third-order valence-electron chi connectivity index (χ3n) is 1.58. The zero-order valence-corrected chi connectivity index (χ0v) is 7.85. The van der Waals surface area contributed by atoms with Crippen molar-refractivity contribution < 1.29 is 9.53 Å². The lowest BCUT2D eigenvalue weighted by atomic mass is 10.3. The van der Waals surface area contributed by atoms with Crippen molar-refractivity contribution in [3.05, 3.63) is 42.5 Å². The van der Waals surface area contributed by atoms with Gasteiger partial charge in [0.2, 0.25) is 6.41 Å². The Morgan fingerprint density at radius 1 is 1.21 bits per heavy atom. The van der Waals surface area contributed by atoms with Crippen molar-refractivity contribution in [2.45, 2.75) is 0 Å². The Labute approximate surface area is 83.4 Å². The fourth-order valence-electron chi connectivity index (χ4n) is 0.929. The van der Waals surface area contributed by atoms with Gasteiger partial charge in [0.15, 0.2) is 0 Å². The summed E-state index contributed by atoms with van der Waals surface area (Å²) >= 11 is 0. The molecule has 0 saturated carbocycles. The predicted molar refractivity (Wildman–Crippen MR) is 55.1 cm³/mol. The number of rotatable bonds is 6. The van der Waals surface area contributed by atoms with Crippen molar-refractivity contribution in [2.24, 2.45) is 0 Å². The molecule has 1 aromatic carbocycles. The van der Waals surface area contributed by atoms with Crippen LogP contribution in [0.2, 0.25) is 0 Å². The number of carbonyl (C=O) groups excluding carboxylic acids is 1. The Bertz CT molecular complexity index is 283. The van der Waals surface area contributed by atoms with Gasteiger partial charge in [-0.1, -0.05) is 24.3 Å². The van der Waals surface area contributed by atoms with Crippen molar-refractivity contribution in [1.29, 1.82) is 0 Å². The highest BCUT2D eigenvalue weighted by Gasteiger charge is 1.86. The molecule has 1 amide bonds. The van der Waals surface area contributed by atoms with Gasteiger partial charge in [-0.15, -0.1) is 0 Å². The van der Waals surface area contributed by atoms with Crippen LogP contribution in [0.25, 0.3) is 0 Å². The SMILES string of the molecule is O=CNC/C=C/COc1ccccc1. The highest BCUT2D eigenvalue weighted by molar-refractivity contribution is 5.46. The van der Waals surface area contributed by atoms with Gasteiger partial charge in [0.05, 0.1) is 0 Å². The molecule has 1 aromatic rings. The molecule has 0 spiro atoms. The van der Waals surface area contributed by atoms with Gasteiger partial charge in [-0.3, -0.25) is 4.79 Å².